The van der Waals surface area contributed by atoms with Gasteiger partial charge in [-0.15, -0.1) is 0 Å². The largest absolute Gasteiger partial charge is 0.497 e. The standard InChI is InChI=1S/C22H23F3N4O2/c1-30-19-9-7-18(8-10-19)29-12-2-11-28(13-14-29)15-20-26-21(27-31-20)16-3-5-17(6-4-16)22(23,24)25/h3-10H,2,11-15H2,1H3. The number of hydrogen-bond acceptors (Lipinski definition) is 6. The molecule has 3 aromatic rings. The number of methoxy groups -OCH3 is 1. The summed E-state index contributed by atoms with van der Waals surface area (Å²) >= 11 is 0. The molecule has 2 aromatic carbocycles. The number of aromatic nitrogens is 2. The van der Waals surface area contributed by atoms with Crippen LogP contribution in [0.5, 0.6) is 5.75 Å². The van der Waals surface area contributed by atoms with Gasteiger partial charge in [0.25, 0.3) is 0 Å². The molecule has 0 radical (unpaired) electrons. The van der Waals surface area contributed by atoms with Gasteiger partial charge in [0.1, 0.15) is 5.75 Å². The zero-order valence-electron chi connectivity index (χ0n) is 17.1. The number of alkyl halides is 3. The second-order valence-electron chi connectivity index (χ2n) is 7.40. The molecule has 0 amide bonds. The van der Waals surface area contributed by atoms with Crippen LogP contribution in [0.4, 0.5) is 18.9 Å². The highest BCUT2D eigenvalue weighted by Crippen LogP contribution is 2.30. The highest BCUT2D eigenvalue weighted by Gasteiger charge is 2.30. The average molecular weight is 432 g/mol. The molecule has 2 heterocycles. The third-order valence-electron chi connectivity index (χ3n) is 5.32. The Bertz CT molecular complexity index is 987. The van der Waals surface area contributed by atoms with Gasteiger partial charge in [-0.1, -0.05) is 17.3 Å². The summed E-state index contributed by atoms with van der Waals surface area (Å²) in [5.74, 6) is 1.58. The lowest BCUT2D eigenvalue weighted by atomic mass is 10.1. The van der Waals surface area contributed by atoms with E-state index in [0.29, 0.717) is 23.8 Å². The Morgan fingerprint density at radius 1 is 0.968 bits per heavy atom. The van der Waals surface area contributed by atoms with Gasteiger partial charge < -0.3 is 14.2 Å². The Morgan fingerprint density at radius 3 is 2.39 bits per heavy atom. The first-order valence-corrected chi connectivity index (χ1v) is 10.0. The summed E-state index contributed by atoms with van der Waals surface area (Å²) in [6, 6.07) is 12.8. The molecule has 0 spiro atoms. The summed E-state index contributed by atoms with van der Waals surface area (Å²) in [7, 11) is 1.65. The molecule has 31 heavy (non-hydrogen) atoms. The van der Waals surface area contributed by atoms with E-state index >= 15 is 0 Å². The molecule has 9 heteroatoms. The van der Waals surface area contributed by atoms with Crippen LogP contribution < -0.4 is 9.64 Å². The van der Waals surface area contributed by atoms with E-state index in [4.69, 9.17) is 9.26 Å². The van der Waals surface area contributed by atoms with Crippen molar-refractivity contribution in [1.82, 2.24) is 15.0 Å². The summed E-state index contributed by atoms with van der Waals surface area (Å²) in [6.07, 6.45) is -3.38. The highest BCUT2D eigenvalue weighted by molar-refractivity contribution is 5.54. The molecule has 1 aliphatic heterocycles. The van der Waals surface area contributed by atoms with Crippen molar-refractivity contribution in [2.75, 3.05) is 38.2 Å². The molecule has 0 bridgehead atoms. The lowest BCUT2D eigenvalue weighted by Gasteiger charge is -2.23. The van der Waals surface area contributed by atoms with E-state index < -0.39 is 11.7 Å². The van der Waals surface area contributed by atoms with Gasteiger partial charge in [0.2, 0.25) is 11.7 Å². The maximum atomic E-state index is 12.7. The van der Waals surface area contributed by atoms with Crippen LogP contribution >= 0.6 is 0 Å². The van der Waals surface area contributed by atoms with E-state index in [1.54, 1.807) is 7.11 Å². The Kier molecular flexibility index (Phi) is 6.13. The number of nitrogens with zero attached hydrogens (tertiary/aromatic N) is 4. The van der Waals surface area contributed by atoms with Crippen LogP contribution in [0, 0.1) is 0 Å². The second kappa shape index (κ2) is 8.97. The quantitative estimate of drug-likeness (QED) is 0.593. The summed E-state index contributed by atoms with van der Waals surface area (Å²) in [5, 5.41) is 3.93. The number of benzene rings is 2. The zero-order chi connectivity index (χ0) is 21.8. The first-order chi connectivity index (χ1) is 14.9. The molecule has 0 unspecified atom stereocenters. The van der Waals surface area contributed by atoms with E-state index in [0.717, 1.165) is 56.2 Å². The summed E-state index contributed by atoms with van der Waals surface area (Å²) in [4.78, 5) is 8.94. The maximum absolute atomic E-state index is 12.7. The lowest BCUT2D eigenvalue weighted by molar-refractivity contribution is -0.137. The zero-order valence-corrected chi connectivity index (χ0v) is 17.1. The molecular formula is C22H23F3N4O2. The summed E-state index contributed by atoms with van der Waals surface area (Å²) < 4.78 is 48.7. The fourth-order valence-corrected chi connectivity index (χ4v) is 3.62. The van der Waals surface area contributed by atoms with Gasteiger partial charge >= 0.3 is 6.18 Å². The van der Waals surface area contributed by atoms with E-state index in [-0.39, 0.29) is 0 Å². The fraction of sp³-hybridized carbons (Fsp3) is 0.364. The average Bonchev–Trinajstić information content (AvgIpc) is 3.11. The van der Waals surface area contributed by atoms with E-state index in [1.165, 1.54) is 12.1 Å². The smallest absolute Gasteiger partial charge is 0.416 e. The number of anilines is 1. The van der Waals surface area contributed by atoms with Crippen LogP contribution in [0.25, 0.3) is 11.4 Å². The van der Waals surface area contributed by atoms with Crippen molar-refractivity contribution < 1.29 is 22.4 Å². The monoisotopic (exact) mass is 432 g/mol. The minimum Gasteiger partial charge on any atom is -0.497 e. The number of hydrogen-bond donors (Lipinski definition) is 0. The van der Waals surface area contributed by atoms with Crippen molar-refractivity contribution >= 4 is 5.69 Å². The third kappa shape index (κ3) is 5.16. The predicted molar refractivity (Wildman–Crippen MR) is 110 cm³/mol. The summed E-state index contributed by atoms with van der Waals surface area (Å²) in [5.41, 5.74) is 0.945. The molecule has 1 saturated heterocycles. The molecule has 1 aliphatic rings. The van der Waals surface area contributed by atoms with Crippen LogP contribution in [-0.4, -0.2) is 48.3 Å². The van der Waals surface area contributed by atoms with Crippen molar-refractivity contribution in [2.45, 2.75) is 19.1 Å². The molecule has 0 atom stereocenters. The molecule has 1 fully saturated rings. The number of halogens is 3. The Labute approximate surface area is 178 Å². The van der Waals surface area contributed by atoms with Crippen molar-refractivity contribution in [3.05, 3.63) is 60.0 Å². The van der Waals surface area contributed by atoms with Gasteiger partial charge in [-0.25, -0.2) is 0 Å². The van der Waals surface area contributed by atoms with Gasteiger partial charge in [-0.3, -0.25) is 4.90 Å². The normalized spacial score (nSPS) is 15.7. The summed E-state index contributed by atoms with van der Waals surface area (Å²) in [6.45, 7) is 4.05. The van der Waals surface area contributed by atoms with Crippen molar-refractivity contribution in [3.63, 3.8) is 0 Å². The molecule has 6 nitrogen and oxygen atoms in total. The predicted octanol–water partition coefficient (Wildman–Crippen LogP) is 4.48. The van der Waals surface area contributed by atoms with Crippen LogP contribution in [-0.2, 0) is 12.7 Å². The molecule has 164 valence electrons. The highest BCUT2D eigenvalue weighted by atomic mass is 19.4. The van der Waals surface area contributed by atoms with E-state index in [2.05, 4.69) is 32.1 Å². The topological polar surface area (TPSA) is 54.6 Å². The Hall–Kier alpha value is -3.07. The van der Waals surface area contributed by atoms with Gasteiger partial charge in [-0.05, 0) is 42.8 Å². The first kappa shape index (κ1) is 21.2. The number of rotatable bonds is 5. The third-order valence-corrected chi connectivity index (χ3v) is 5.32. The first-order valence-electron chi connectivity index (χ1n) is 10.0. The number of ether oxygens (including phenoxy) is 1. The molecule has 0 aliphatic carbocycles. The van der Waals surface area contributed by atoms with Gasteiger partial charge in [-0.2, -0.15) is 18.2 Å². The van der Waals surface area contributed by atoms with E-state index in [1.807, 2.05) is 12.1 Å². The second-order valence-corrected chi connectivity index (χ2v) is 7.40. The van der Waals surface area contributed by atoms with E-state index in [9.17, 15) is 13.2 Å². The van der Waals surface area contributed by atoms with Crippen LogP contribution in [0.3, 0.4) is 0 Å². The minimum atomic E-state index is -4.37. The minimum absolute atomic E-state index is 0.290. The molecular weight excluding hydrogens is 409 g/mol. The molecule has 1 aromatic heterocycles. The molecule has 0 N–H and O–H groups in total. The maximum Gasteiger partial charge on any atom is 0.416 e. The molecule has 4 rings (SSSR count). The van der Waals surface area contributed by atoms with Crippen LogP contribution in [0.1, 0.15) is 17.9 Å². The van der Waals surface area contributed by atoms with Crippen LogP contribution in [0.2, 0.25) is 0 Å². The van der Waals surface area contributed by atoms with Gasteiger partial charge in [0.05, 0.1) is 19.2 Å². The molecule has 0 saturated carbocycles. The van der Waals surface area contributed by atoms with Crippen molar-refractivity contribution in [2.24, 2.45) is 0 Å². The Morgan fingerprint density at radius 2 is 1.71 bits per heavy atom. The van der Waals surface area contributed by atoms with Gasteiger partial charge in [0.15, 0.2) is 0 Å². The van der Waals surface area contributed by atoms with Crippen molar-refractivity contribution in [1.29, 1.82) is 0 Å². The van der Waals surface area contributed by atoms with Crippen molar-refractivity contribution in [3.8, 4) is 17.1 Å². The Balaban J connectivity index is 1.36. The SMILES string of the molecule is COc1ccc(N2CCCN(Cc3nc(-c4ccc(C(F)(F)F)cc4)no3)CC2)cc1. The lowest BCUT2D eigenvalue weighted by Crippen LogP contribution is -2.30. The fourth-order valence-electron chi connectivity index (χ4n) is 3.62. The van der Waals surface area contributed by atoms with Gasteiger partial charge in [0, 0.05) is 37.4 Å². The van der Waals surface area contributed by atoms with Crippen LogP contribution in [0.15, 0.2) is 53.1 Å².